The van der Waals surface area contributed by atoms with Gasteiger partial charge < -0.3 is 10.5 Å². The lowest BCUT2D eigenvalue weighted by molar-refractivity contribution is 0.370. The van der Waals surface area contributed by atoms with Crippen molar-refractivity contribution < 1.29 is 9.13 Å². The van der Waals surface area contributed by atoms with Gasteiger partial charge in [-0.15, -0.1) is 0 Å². The number of rotatable bonds is 2. The molecule has 88 valence electrons. The third-order valence-corrected chi connectivity index (χ3v) is 2.43. The molecule has 2 N–H and O–H groups in total. The molecule has 0 unspecified atom stereocenters. The number of anilines is 1. The van der Waals surface area contributed by atoms with Gasteiger partial charge >= 0.3 is 0 Å². The first-order valence-electron chi connectivity index (χ1n) is 4.91. The lowest BCUT2D eigenvalue weighted by Gasteiger charge is -2.08. The zero-order valence-corrected chi connectivity index (χ0v) is 9.44. The van der Waals surface area contributed by atoms with Crippen LogP contribution in [0.2, 0.25) is 0 Å². The van der Waals surface area contributed by atoms with Crippen molar-refractivity contribution in [1.29, 1.82) is 0 Å². The molecular weight excluding hydrogens is 223 g/mol. The minimum absolute atomic E-state index is 0.0703. The summed E-state index contributed by atoms with van der Waals surface area (Å²) < 4.78 is 18.8. The quantitative estimate of drug-likeness (QED) is 0.853. The van der Waals surface area contributed by atoms with E-state index in [-0.39, 0.29) is 5.88 Å². The average Bonchev–Trinajstić information content (AvgIpc) is 2.33. The second-order valence-corrected chi connectivity index (χ2v) is 3.41. The average molecular weight is 234 g/mol. The van der Waals surface area contributed by atoms with E-state index in [4.69, 9.17) is 10.5 Å². The van der Waals surface area contributed by atoms with Crippen LogP contribution in [-0.4, -0.2) is 22.1 Å². The molecule has 6 heteroatoms. The molecule has 0 aliphatic rings. The van der Waals surface area contributed by atoms with Gasteiger partial charge in [0.2, 0.25) is 0 Å². The Morgan fingerprint density at radius 1 is 1.29 bits per heavy atom. The van der Waals surface area contributed by atoms with E-state index in [2.05, 4.69) is 15.0 Å². The van der Waals surface area contributed by atoms with Gasteiger partial charge in [-0.05, 0) is 13.0 Å². The van der Waals surface area contributed by atoms with Crippen LogP contribution < -0.4 is 10.5 Å². The molecule has 0 amide bonds. The summed E-state index contributed by atoms with van der Waals surface area (Å²) >= 11 is 0. The van der Waals surface area contributed by atoms with E-state index >= 15 is 0 Å². The summed E-state index contributed by atoms with van der Waals surface area (Å²) in [5.41, 5.74) is 7.02. The van der Waals surface area contributed by atoms with Crippen LogP contribution in [-0.2, 0) is 0 Å². The van der Waals surface area contributed by atoms with Crippen LogP contribution in [0.25, 0.3) is 11.3 Å². The maximum Gasteiger partial charge on any atom is 0.250 e. The van der Waals surface area contributed by atoms with Crippen LogP contribution in [0.1, 0.15) is 5.56 Å². The van der Waals surface area contributed by atoms with Crippen molar-refractivity contribution >= 4 is 5.82 Å². The topological polar surface area (TPSA) is 73.9 Å². The van der Waals surface area contributed by atoms with E-state index in [0.717, 1.165) is 0 Å². The molecular formula is C11H11FN4O. The maximum atomic E-state index is 14.0. The summed E-state index contributed by atoms with van der Waals surface area (Å²) in [6.45, 7) is 1.73. The summed E-state index contributed by atoms with van der Waals surface area (Å²) in [6.07, 6.45) is 2.75. The smallest absolute Gasteiger partial charge is 0.250 e. The normalized spacial score (nSPS) is 10.3. The van der Waals surface area contributed by atoms with E-state index < -0.39 is 5.82 Å². The monoisotopic (exact) mass is 234 g/mol. The van der Waals surface area contributed by atoms with Crippen molar-refractivity contribution in [1.82, 2.24) is 15.0 Å². The number of nitrogens with zero attached hydrogens (tertiary/aromatic N) is 3. The van der Waals surface area contributed by atoms with Crippen LogP contribution in [0.15, 0.2) is 18.6 Å². The van der Waals surface area contributed by atoms with Crippen molar-refractivity contribution in [2.75, 3.05) is 12.8 Å². The molecule has 0 aliphatic carbocycles. The van der Waals surface area contributed by atoms with Crippen LogP contribution in [0.4, 0.5) is 10.2 Å². The largest absolute Gasteiger partial charge is 0.479 e. The highest BCUT2D eigenvalue weighted by Crippen LogP contribution is 2.28. The van der Waals surface area contributed by atoms with Gasteiger partial charge in [-0.2, -0.15) is 0 Å². The number of pyridine rings is 1. The SMILES string of the molecule is COc1nccc(-c2ncnc(N)c2C)c1F. The summed E-state index contributed by atoms with van der Waals surface area (Å²) in [5, 5.41) is 0. The van der Waals surface area contributed by atoms with Crippen molar-refractivity contribution in [3.05, 3.63) is 30.0 Å². The molecule has 0 aliphatic heterocycles. The second kappa shape index (κ2) is 4.32. The highest BCUT2D eigenvalue weighted by atomic mass is 19.1. The number of halogens is 1. The maximum absolute atomic E-state index is 14.0. The minimum Gasteiger partial charge on any atom is -0.479 e. The number of methoxy groups -OCH3 is 1. The fraction of sp³-hybridized carbons (Fsp3) is 0.182. The zero-order valence-electron chi connectivity index (χ0n) is 9.44. The van der Waals surface area contributed by atoms with E-state index in [1.54, 1.807) is 6.92 Å². The van der Waals surface area contributed by atoms with Gasteiger partial charge in [-0.3, -0.25) is 0 Å². The molecule has 0 spiro atoms. The molecule has 0 atom stereocenters. The third-order valence-electron chi connectivity index (χ3n) is 2.43. The molecule has 2 heterocycles. The van der Waals surface area contributed by atoms with Crippen LogP contribution in [0.5, 0.6) is 5.88 Å². The Morgan fingerprint density at radius 3 is 2.76 bits per heavy atom. The first-order chi connectivity index (χ1) is 8.15. The van der Waals surface area contributed by atoms with Gasteiger partial charge in [-0.1, -0.05) is 0 Å². The second-order valence-electron chi connectivity index (χ2n) is 3.41. The summed E-state index contributed by atoms with van der Waals surface area (Å²) in [6, 6.07) is 1.52. The van der Waals surface area contributed by atoms with E-state index in [0.29, 0.717) is 22.6 Å². The Hall–Kier alpha value is -2.24. The number of hydrogen-bond donors (Lipinski definition) is 1. The van der Waals surface area contributed by atoms with Crippen molar-refractivity contribution in [2.45, 2.75) is 6.92 Å². The van der Waals surface area contributed by atoms with Crippen molar-refractivity contribution in [3.8, 4) is 17.1 Å². The molecule has 17 heavy (non-hydrogen) atoms. The summed E-state index contributed by atoms with van der Waals surface area (Å²) in [7, 11) is 1.36. The van der Waals surface area contributed by atoms with Gasteiger partial charge in [0, 0.05) is 17.3 Å². The van der Waals surface area contributed by atoms with Crippen molar-refractivity contribution in [2.24, 2.45) is 0 Å². The Labute approximate surface area is 97.5 Å². The number of hydrogen-bond acceptors (Lipinski definition) is 5. The van der Waals surface area contributed by atoms with Crippen LogP contribution in [0.3, 0.4) is 0 Å². The van der Waals surface area contributed by atoms with E-state index in [1.165, 1.54) is 25.7 Å². The molecule has 0 saturated carbocycles. The van der Waals surface area contributed by atoms with E-state index in [9.17, 15) is 4.39 Å². The van der Waals surface area contributed by atoms with Gasteiger partial charge in [0.1, 0.15) is 12.1 Å². The predicted octanol–water partition coefficient (Wildman–Crippen LogP) is 1.58. The molecule has 0 aromatic carbocycles. The number of ether oxygens (including phenoxy) is 1. The van der Waals surface area contributed by atoms with E-state index in [1.807, 2.05) is 0 Å². The Kier molecular flexibility index (Phi) is 2.86. The van der Waals surface area contributed by atoms with Crippen LogP contribution in [0, 0.1) is 12.7 Å². The highest BCUT2D eigenvalue weighted by Gasteiger charge is 2.15. The molecule has 2 aromatic heterocycles. The Morgan fingerprint density at radius 2 is 2.06 bits per heavy atom. The predicted molar refractivity (Wildman–Crippen MR) is 60.9 cm³/mol. The molecule has 5 nitrogen and oxygen atoms in total. The standard InChI is InChI=1S/C11H11FN4O/c1-6-9(15-5-16-10(6)13)7-3-4-14-11(17-2)8(7)12/h3-5H,1-2H3,(H2,13,15,16). The zero-order chi connectivity index (χ0) is 12.4. The van der Waals surface area contributed by atoms with Gasteiger partial charge in [-0.25, -0.2) is 19.3 Å². The molecule has 0 radical (unpaired) electrons. The highest BCUT2D eigenvalue weighted by molar-refractivity contribution is 5.68. The third kappa shape index (κ3) is 1.89. The Bertz CT molecular complexity index is 559. The summed E-state index contributed by atoms with van der Waals surface area (Å²) in [4.78, 5) is 11.6. The number of aromatic nitrogens is 3. The molecule has 0 saturated heterocycles. The summed E-state index contributed by atoms with van der Waals surface area (Å²) in [5.74, 6) is -0.305. The lowest BCUT2D eigenvalue weighted by atomic mass is 10.1. The molecule has 0 fully saturated rings. The fourth-order valence-corrected chi connectivity index (χ4v) is 1.49. The first kappa shape index (κ1) is 11.3. The first-order valence-corrected chi connectivity index (χ1v) is 4.91. The number of nitrogens with two attached hydrogens (primary N) is 1. The molecule has 2 rings (SSSR count). The number of nitrogen functional groups attached to an aromatic ring is 1. The minimum atomic E-state index is -0.559. The molecule has 0 bridgehead atoms. The lowest BCUT2D eigenvalue weighted by Crippen LogP contribution is -2.01. The van der Waals surface area contributed by atoms with Gasteiger partial charge in [0.25, 0.3) is 5.88 Å². The Balaban J connectivity index is 2.65. The van der Waals surface area contributed by atoms with Crippen LogP contribution >= 0.6 is 0 Å². The van der Waals surface area contributed by atoms with Crippen molar-refractivity contribution in [3.63, 3.8) is 0 Å². The van der Waals surface area contributed by atoms with Gasteiger partial charge in [0.15, 0.2) is 5.82 Å². The fourth-order valence-electron chi connectivity index (χ4n) is 1.49. The molecule has 2 aromatic rings. The van der Waals surface area contributed by atoms with Gasteiger partial charge in [0.05, 0.1) is 12.8 Å².